The number of nitrogens with one attached hydrogen (secondary N) is 1. The van der Waals surface area contributed by atoms with Crippen LogP contribution in [-0.4, -0.2) is 82.5 Å². The zero-order valence-electron chi connectivity index (χ0n) is 23.1. The van der Waals surface area contributed by atoms with Crippen molar-refractivity contribution in [3.63, 3.8) is 0 Å². The first kappa shape index (κ1) is 31.3. The number of hydrogen-bond acceptors (Lipinski definition) is 9. The van der Waals surface area contributed by atoms with Crippen molar-refractivity contribution in [1.82, 2.24) is 24.4 Å². The highest BCUT2D eigenvalue weighted by molar-refractivity contribution is 5.80. The molecule has 0 amide bonds. The molecule has 230 valence electrons. The minimum Gasteiger partial charge on any atom is -0.482 e. The highest BCUT2D eigenvalue weighted by Gasteiger charge is 2.32. The molecule has 0 spiro atoms. The number of halogens is 6. The van der Waals surface area contributed by atoms with Crippen molar-refractivity contribution in [2.24, 2.45) is 0 Å². The Morgan fingerprint density at radius 2 is 1.72 bits per heavy atom. The number of fused-ring (bicyclic) bond motifs is 1. The van der Waals surface area contributed by atoms with Gasteiger partial charge in [-0.1, -0.05) is 12.1 Å². The van der Waals surface area contributed by atoms with Crippen molar-refractivity contribution in [3.8, 4) is 17.3 Å². The van der Waals surface area contributed by atoms with Crippen LogP contribution in [0.1, 0.15) is 0 Å². The summed E-state index contributed by atoms with van der Waals surface area (Å²) in [5, 5.41) is 14.6. The minimum absolute atomic E-state index is 0.00473. The molecule has 0 aliphatic carbocycles. The smallest absolute Gasteiger partial charge is 0.422 e. The maximum atomic E-state index is 13.4. The number of anilines is 3. The molecule has 4 rings (SSSR count). The van der Waals surface area contributed by atoms with E-state index < -0.39 is 36.1 Å². The van der Waals surface area contributed by atoms with Gasteiger partial charge in [-0.2, -0.15) is 26.3 Å². The van der Waals surface area contributed by atoms with Gasteiger partial charge < -0.3 is 24.4 Å². The van der Waals surface area contributed by atoms with E-state index in [1.54, 1.807) is 33.3 Å². The number of likely N-dealkylation sites (N-methyl/N-ethyl adjacent to an activating group) is 2. The van der Waals surface area contributed by atoms with E-state index >= 15 is 0 Å². The van der Waals surface area contributed by atoms with Crippen LogP contribution in [0, 0.1) is 10.1 Å². The SMILES string of the molecule is CN(C)CCN(C)c1cc(OCC(F)(F)F)c(Nc2nccc(-c3nc4ccccc4n3CC(F)(F)F)n2)cc1[N+](=O)[O-]. The fourth-order valence-electron chi connectivity index (χ4n) is 4.13. The van der Waals surface area contributed by atoms with Crippen LogP contribution in [0.15, 0.2) is 48.7 Å². The molecular formula is C26H26F6N8O3. The Balaban J connectivity index is 1.77. The Hall–Kier alpha value is -4.67. The Morgan fingerprint density at radius 3 is 2.37 bits per heavy atom. The van der Waals surface area contributed by atoms with E-state index in [0.29, 0.717) is 13.1 Å². The quantitative estimate of drug-likeness (QED) is 0.130. The molecule has 2 aromatic carbocycles. The first-order chi connectivity index (χ1) is 20.1. The average Bonchev–Trinajstić information content (AvgIpc) is 3.27. The predicted molar refractivity (Wildman–Crippen MR) is 147 cm³/mol. The minimum atomic E-state index is -4.72. The van der Waals surface area contributed by atoms with Crippen LogP contribution >= 0.6 is 0 Å². The molecule has 0 bridgehead atoms. The molecule has 11 nitrogen and oxygen atoms in total. The molecule has 17 heteroatoms. The van der Waals surface area contributed by atoms with Crippen molar-refractivity contribution >= 4 is 34.0 Å². The molecule has 4 aromatic rings. The predicted octanol–water partition coefficient (Wildman–Crippen LogP) is 5.65. The van der Waals surface area contributed by atoms with Gasteiger partial charge in [-0.25, -0.2) is 15.0 Å². The lowest BCUT2D eigenvalue weighted by Crippen LogP contribution is -2.29. The van der Waals surface area contributed by atoms with Gasteiger partial charge in [0.25, 0.3) is 5.69 Å². The molecule has 0 aliphatic rings. The number of para-hydroxylation sites is 2. The lowest BCUT2D eigenvalue weighted by Gasteiger charge is -2.23. The lowest BCUT2D eigenvalue weighted by molar-refractivity contribution is -0.384. The second kappa shape index (κ2) is 12.3. The molecule has 2 heterocycles. The van der Waals surface area contributed by atoms with Gasteiger partial charge in [-0.05, 0) is 32.3 Å². The Morgan fingerprint density at radius 1 is 1.00 bits per heavy atom. The summed E-state index contributed by atoms with van der Waals surface area (Å²) < 4.78 is 85.5. The van der Waals surface area contributed by atoms with Crippen LogP contribution in [0.4, 0.5) is 49.4 Å². The molecule has 1 N–H and O–H groups in total. The summed E-state index contributed by atoms with van der Waals surface area (Å²) in [6, 6.07) is 9.58. The molecule has 0 fully saturated rings. The number of benzene rings is 2. The monoisotopic (exact) mass is 612 g/mol. The molecule has 0 radical (unpaired) electrons. The molecule has 2 aromatic heterocycles. The van der Waals surface area contributed by atoms with E-state index in [0.717, 1.165) is 16.7 Å². The van der Waals surface area contributed by atoms with E-state index in [1.165, 1.54) is 29.3 Å². The van der Waals surface area contributed by atoms with Gasteiger partial charge in [0.2, 0.25) is 5.95 Å². The number of imidazole rings is 1. The van der Waals surface area contributed by atoms with Gasteiger partial charge in [0.1, 0.15) is 23.7 Å². The molecule has 43 heavy (non-hydrogen) atoms. The van der Waals surface area contributed by atoms with Crippen LogP contribution in [0.5, 0.6) is 5.75 Å². The number of nitro benzene ring substituents is 1. The fourth-order valence-corrected chi connectivity index (χ4v) is 4.13. The second-order valence-electron chi connectivity index (χ2n) is 9.74. The van der Waals surface area contributed by atoms with Gasteiger partial charge >= 0.3 is 12.4 Å². The normalized spacial score (nSPS) is 12.1. The summed E-state index contributed by atoms with van der Waals surface area (Å²) in [4.78, 5) is 27.1. The Kier molecular flexibility index (Phi) is 8.93. The van der Waals surface area contributed by atoms with E-state index in [-0.39, 0.29) is 45.6 Å². The van der Waals surface area contributed by atoms with Crippen molar-refractivity contribution in [2.75, 3.05) is 51.1 Å². The largest absolute Gasteiger partial charge is 0.482 e. The summed E-state index contributed by atoms with van der Waals surface area (Å²) in [5.74, 6) is -0.794. The molecule has 0 aliphatic heterocycles. The highest BCUT2D eigenvalue weighted by atomic mass is 19.4. The van der Waals surface area contributed by atoms with Crippen LogP contribution in [0.25, 0.3) is 22.6 Å². The Bertz CT molecular complexity index is 1610. The first-order valence-corrected chi connectivity index (χ1v) is 12.6. The molecule has 0 unspecified atom stereocenters. The van der Waals surface area contributed by atoms with Crippen LogP contribution in [-0.2, 0) is 6.54 Å². The maximum absolute atomic E-state index is 13.4. The Labute approximate surface area is 240 Å². The zero-order chi connectivity index (χ0) is 31.5. The second-order valence-corrected chi connectivity index (χ2v) is 9.74. The van der Waals surface area contributed by atoms with Gasteiger partial charge in [-0.3, -0.25) is 10.1 Å². The first-order valence-electron chi connectivity index (χ1n) is 12.6. The summed E-state index contributed by atoms with van der Waals surface area (Å²) in [5.41, 5.74) is -0.249. The number of rotatable bonds is 11. The third-order valence-corrected chi connectivity index (χ3v) is 6.08. The van der Waals surface area contributed by atoms with Crippen LogP contribution in [0.2, 0.25) is 0 Å². The highest BCUT2D eigenvalue weighted by Crippen LogP contribution is 2.40. The third kappa shape index (κ3) is 8.00. The van der Waals surface area contributed by atoms with E-state index in [1.807, 2.05) is 4.90 Å². The number of hydrogen-bond donors (Lipinski definition) is 1. The van der Waals surface area contributed by atoms with Crippen LogP contribution < -0.4 is 15.0 Å². The topological polar surface area (TPSA) is 114 Å². The number of alkyl halides is 6. The van der Waals surface area contributed by atoms with Gasteiger partial charge in [0.15, 0.2) is 12.4 Å². The van der Waals surface area contributed by atoms with E-state index in [9.17, 15) is 36.5 Å². The van der Waals surface area contributed by atoms with Gasteiger partial charge in [-0.15, -0.1) is 0 Å². The van der Waals surface area contributed by atoms with E-state index in [4.69, 9.17) is 4.74 Å². The van der Waals surface area contributed by atoms with Crippen molar-refractivity contribution in [3.05, 3.63) is 58.8 Å². The molecular weight excluding hydrogens is 586 g/mol. The van der Waals surface area contributed by atoms with Gasteiger partial charge in [0.05, 0.1) is 21.6 Å². The standard InChI is InChI=1S/C26H26F6N8O3/c1-37(2)10-11-38(3)20-13-22(43-15-26(30,31)32)18(12-21(20)40(41)42)36-24-33-9-8-17(35-24)23-34-16-6-4-5-7-19(16)39(23)14-25(27,28)29/h4-9,12-13H,10-11,14-15H2,1-3H3,(H,33,35,36). The van der Waals surface area contributed by atoms with E-state index in [2.05, 4.69) is 20.3 Å². The van der Waals surface area contributed by atoms with Crippen LogP contribution in [0.3, 0.4) is 0 Å². The average molecular weight is 613 g/mol. The molecule has 0 saturated carbocycles. The zero-order valence-corrected chi connectivity index (χ0v) is 23.1. The number of aromatic nitrogens is 4. The summed E-state index contributed by atoms with van der Waals surface area (Å²) in [6.07, 6.45) is -8.10. The molecule has 0 atom stereocenters. The number of nitrogens with zero attached hydrogens (tertiary/aromatic N) is 7. The number of ether oxygens (including phenoxy) is 1. The van der Waals surface area contributed by atoms with Crippen molar-refractivity contribution in [1.29, 1.82) is 0 Å². The third-order valence-electron chi connectivity index (χ3n) is 6.08. The fraction of sp³-hybridized carbons (Fsp3) is 0.346. The van der Waals surface area contributed by atoms with Crippen molar-refractivity contribution < 1.29 is 36.0 Å². The summed E-state index contributed by atoms with van der Waals surface area (Å²) in [7, 11) is 5.13. The van der Waals surface area contributed by atoms with Crippen molar-refractivity contribution in [2.45, 2.75) is 18.9 Å². The van der Waals surface area contributed by atoms with Gasteiger partial charge in [0, 0.05) is 38.5 Å². The number of nitro groups is 1. The molecule has 0 saturated heterocycles. The summed E-state index contributed by atoms with van der Waals surface area (Å²) in [6.45, 7) is -2.25. The summed E-state index contributed by atoms with van der Waals surface area (Å²) >= 11 is 0. The lowest BCUT2D eigenvalue weighted by atomic mass is 10.2. The maximum Gasteiger partial charge on any atom is 0.422 e.